The molecule has 2 aromatic carbocycles. The largest absolute Gasteiger partial charge is 0.467 e. The second-order valence-electron chi connectivity index (χ2n) is 8.04. The third kappa shape index (κ3) is 6.19. The van der Waals surface area contributed by atoms with Gasteiger partial charge in [0.25, 0.3) is 0 Å². The highest BCUT2D eigenvalue weighted by molar-refractivity contribution is 5.94. The van der Waals surface area contributed by atoms with Crippen LogP contribution in [0, 0.1) is 6.92 Å². The van der Waals surface area contributed by atoms with Gasteiger partial charge in [0, 0.05) is 5.69 Å². The molecule has 0 fully saturated rings. The molecule has 2 aromatic rings. The van der Waals surface area contributed by atoms with E-state index in [9.17, 15) is 14.7 Å². The van der Waals surface area contributed by atoms with E-state index in [2.05, 4.69) is 5.32 Å². The number of carbonyl (C=O) groups excluding carboxylic acids is 2. The summed E-state index contributed by atoms with van der Waals surface area (Å²) in [6.45, 7) is 7.10. The summed E-state index contributed by atoms with van der Waals surface area (Å²) in [5, 5.41) is 14.3. The lowest BCUT2D eigenvalue weighted by molar-refractivity contribution is -0.171. The number of para-hydroxylation sites is 1. The third-order valence-corrected chi connectivity index (χ3v) is 4.29. The summed E-state index contributed by atoms with van der Waals surface area (Å²) in [5.74, 6) is -1.77. The van der Waals surface area contributed by atoms with Gasteiger partial charge < -0.3 is 19.9 Å². The summed E-state index contributed by atoms with van der Waals surface area (Å²) in [7, 11) is 1.15. The Labute approximate surface area is 177 Å². The van der Waals surface area contributed by atoms with E-state index >= 15 is 0 Å². The van der Waals surface area contributed by atoms with Gasteiger partial charge in [0.2, 0.25) is 5.60 Å². The molecule has 0 radical (unpaired) electrons. The van der Waals surface area contributed by atoms with E-state index in [4.69, 9.17) is 9.47 Å². The van der Waals surface area contributed by atoms with Crippen molar-refractivity contribution in [1.29, 1.82) is 0 Å². The standard InChI is InChI=1S/C24H29NO5/c1-17-11-13-18(14-12-17)15-16-24(28,22(27)29-5)20(21(26)30-23(2,3)4)25-19-9-7-6-8-10-19/h6-16,20,25,28H,1-5H3/b16-15+/t20-,24-/m1/s1. The van der Waals surface area contributed by atoms with Crippen molar-refractivity contribution in [2.45, 2.75) is 44.9 Å². The summed E-state index contributed by atoms with van der Waals surface area (Å²) in [4.78, 5) is 25.6. The molecule has 2 atom stereocenters. The van der Waals surface area contributed by atoms with Gasteiger partial charge in [-0.25, -0.2) is 9.59 Å². The van der Waals surface area contributed by atoms with Crippen LogP contribution in [0.4, 0.5) is 5.69 Å². The number of methoxy groups -OCH3 is 1. The Bertz CT molecular complexity index is 884. The predicted molar refractivity (Wildman–Crippen MR) is 117 cm³/mol. The monoisotopic (exact) mass is 411 g/mol. The third-order valence-electron chi connectivity index (χ3n) is 4.29. The highest BCUT2D eigenvalue weighted by Gasteiger charge is 2.49. The molecule has 30 heavy (non-hydrogen) atoms. The van der Waals surface area contributed by atoms with Gasteiger partial charge in [-0.1, -0.05) is 54.1 Å². The lowest BCUT2D eigenvalue weighted by Gasteiger charge is -2.33. The lowest BCUT2D eigenvalue weighted by atomic mass is 9.91. The number of aliphatic hydroxyl groups is 1. The molecule has 6 nitrogen and oxygen atoms in total. The number of benzene rings is 2. The van der Waals surface area contributed by atoms with Crippen LogP contribution in [0.3, 0.4) is 0 Å². The number of ether oxygens (including phenoxy) is 2. The zero-order valence-electron chi connectivity index (χ0n) is 18.0. The van der Waals surface area contributed by atoms with E-state index in [0.717, 1.165) is 18.2 Å². The van der Waals surface area contributed by atoms with Crippen LogP contribution in [0.5, 0.6) is 0 Å². The molecule has 0 saturated carbocycles. The van der Waals surface area contributed by atoms with Crippen LogP contribution in [0.2, 0.25) is 0 Å². The minimum absolute atomic E-state index is 0.541. The smallest absolute Gasteiger partial charge is 0.344 e. The molecule has 0 aliphatic carbocycles. The number of carbonyl (C=O) groups is 2. The van der Waals surface area contributed by atoms with Gasteiger partial charge in [0.15, 0.2) is 6.04 Å². The quantitative estimate of drug-likeness (QED) is 0.676. The van der Waals surface area contributed by atoms with Gasteiger partial charge in [-0.3, -0.25) is 0 Å². The van der Waals surface area contributed by atoms with Crippen molar-refractivity contribution in [3.8, 4) is 0 Å². The summed E-state index contributed by atoms with van der Waals surface area (Å²) in [5.41, 5.74) is -0.749. The minimum atomic E-state index is -2.31. The molecule has 0 aliphatic rings. The summed E-state index contributed by atoms with van der Waals surface area (Å²) >= 11 is 0. The van der Waals surface area contributed by atoms with Crippen LogP contribution in [0.15, 0.2) is 60.7 Å². The molecular weight excluding hydrogens is 382 g/mol. The molecular formula is C24H29NO5. The molecule has 2 N–H and O–H groups in total. The number of esters is 2. The Hall–Kier alpha value is -3.12. The molecule has 6 heteroatoms. The Morgan fingerprint density at radius 1 is 1.03 bits per heavy atom. The van der Waals surface area contributed by atoms with Gasteiger partial charge in [-0.15, -0.1) is 0 Å². The highest BCUT2D eigenvalue weighted by atomic mass is 16.6. The topological polar surface area (TPSA) is 84.9 Å². The fourth-order valence-electron chi connectivity index (χ4n) is 2.76. The first kappa shape index (κ1) is 23.2. The lowest BCUT2D eigenvalue weighted by Crippen LogP contribution is -2.57. The van der Waals surface area contributed by atoms with Crippen LogP contribution in [0.25, 0.3) is 6.08 Å². The molecule has 2 rings (SSSR count). The highest BCUT2D eigenvalue weighted by Crippen LogP contribution is 2.24. The molecule has 0 aliphatic heterocycles. The van der Waals surface area contributed by atoms with Gasteiger partial charge in [-0.05, 0) is 51.5 Å². The van der Waals surface area contributed by atoms with Crippen molar-refractivity contribution in [3.63, 3.8) is 0 Å². The second-order valence-corrected chi connectivity index (χ2v) is 8.04. The number of nitrogens with one attached hydrogen (secondary N) is 1. The molecule has 0 saturated heterocycles. The average molecular weight is 411 g/mol. The van der Waals surface area contributed by atoms with Crippen LogP contribution < -0.4 is 5.32 Å². The van der Waals surface area contributed by atoms with Crippen molar-refractivity contribution in [3.05, 3.63) is 71.8 Å². The van der Waals surface area contributed by atoms with Crippen LogP contribution in [-0.2, 0) is 19.1 Å². The van der Waals surface area contributed by atoms with E-state index in [-0.39, 0.29) is 0 Å². The first-order valence-electron chi connectivity index (χ1n) is 9.66. The fourth-order valence-corrected chi connectivity index (χ4v) is 2.76. The average Bonchev–Trinajstić information content (AvgIpc) is 2.70. The fraction of sp³-hybridized carbons (Fsp3) is 0.333. The number of rotatable bonds is 7. The Kier molecular flexibility index (Phi) is 7.40. The first-order chi connectivity index (χ1) is 14.0. The zero-order valence-corrected chi connectivity index (χ0v) is 18.0. The SMILES string of the molecule is COC(=O)[C@@](O)(/C=C/c1ccc(C)cc1)[C@H](Nc1ccccc1)C(=O)OC(C)(C)C. The summed E-state index contributed by atoms with van der Waals surface area (Å²) in [6.07, 6.45) is 2.83. The van der Waals surface area contributed by atoms with Crippen molar-refractivity contribution < 1.29 is 24.2 Å². The first-order valence-corrected chi connectivity index (χ1v) is 9.66. The van der Waals surface area contributed by atoms with Gasteiger partial charge in [0.05, 0.1) is 7.11 Å². The molecule has 0 unspecified atom stereocenters. The number of hydrogen-bond donors (Lipinski definition) is 2. The number of hydrogen-bond acceptors (Lipinski definition) is 6. The van der Waals surface area contributed by atoms with E-state index in [0.29, 0.717) is 5.69 Å². The van der Waals surface area contributed by atoms with Gasteiger partial charge in [-0.2, -0.15) is 0 Å². The summed E-state index contributed by atoms with van der Waals surface area (Å²) < 4.78 is 10.3. The van der Waals surface area contributed by atoms with E-state index in [1.54, 1.807) is 51.1 Å². The van der Waals surface area contributed by atoms with Gasteiger partial charge >= 0.3 is 11.9 Å². The zero-order chi connectivity index (χ0) is 22.4. The van der Waals surface area contributed by atoms with Gasteiger partial charge in [0.1, 0.15) is 5.60 Å². The number of anilines is 1. The molecule has 0 aromatic heterocycles. The van der Waals surface area contributed by atoms with E-state index in [1.165, 1.54) is 6.08 Å². The van der Waals surface area contributed by atoms with Crippen LogP contribution in [-0.4, -0.2) is 41.4 Å². The van der Waals surface area contributed by atoms with Crippen molar-refractivity contribution in [2.75, 3.05) is 12.4 Å². The maximum atomic E-state index is 13.0. The van der Waals surface area contributed by atoms with Crippen LogP contribution >= 0.6 is 0 Å². The van der Waals surface area contributed by atoms with Crippen molar-refractivity contribution in [1.82, 2.24) is 0 Å². The van der Waals surface area contributed by atoms with E-state index in [1.807, 2.05) is 37.3 Å². The number of aryl methyl sites for hydroxylation is 1. The van der Waals surface area contributed by atoms with E-state index < -0.39 is 29.2 Å². The molecule has 0 bridgehead atoms. The molecule has 0 spiro atoms. The van der Waals surface area contributed by atoms with Crippen molar-refractivity contribution >= 4 is 23.7 Å². The predicted octanol–water partition coefficient (Wildman–Crippen LogP) is 3.73. The van der Waals surface area contributed by atoms with Crippen molar-refractivity contribution in [2.24, 2.45) is 0 Å². The maximum absolute atomic E-state index is 13.0. The second kappa shape index (κ2) is 9.59. The molecule has 160 valence electrons. The minimum Gasteiger partial charge on any atom is -0.467 e. The van der Waals surface area contributed by atoms with Crippen LogP contribution in [0.1, 0.15) is 31.9 Å². The Morgan fingerprint density at radius 3 is 2.17 bits per heavy atom. The Balaban J connectivity index is 2.49. The molecule has 0 amide bonds. The maximum Gasteiger partial charge on any atom is 0.344 e. The Morgan fingerprint density at radius 2 is 1.63 bits per heavy atom. The summed E-state index contributed by atoms with van der Waals surface area (Å²) in [6, 6.07) is 14.9. The molecule has 0 heterocycles. The normalized spacial score (nSPS) is 14.6.